The third kappa shape index (κ3) is 3.65. The quantitative estimate of drug-likeness (QED) is 0.225. The topological polar surface area (TPSA) is 190 Å². The molecule has 0 bridgehead atoms. The van der Waals surface area contributed by atoms with Crippen molar-refractivity contribution in [3.63, 3.8) is 0 Å². The normalized spacial score (nSPS) is 51.7. The first-order valence-corrected chi connectivity index (χ1v) is 7.08. The highest BCUT2D eigenvalue weighted by Crippen LogP contribution is 2.28. The van der Waals surface area contributed by atoms with Crippen molar-refractivity contribution < 1.29 is 55.1 Å². The van der Waals surface area contributed by atoms with Gasteiger partial charge in [-0.15, -0.1) is 0 Å². The zero-order valence-corrected chi connectivity index (χ0v) is 12.0. The Morgan fingerprint density at radius 2 is 1.26 bits per heavy atom. The number of hydrogen-bond acceptors (Lipinski definition) is 11. The fourth-order valence-corrected chi connectivity index (χ4v) is 2.57. The molecule has 0 aromatic heterocycles. The summed E-state index contributed by atoms with van der Waals surface area (Å²) in [7, 11) is 0. The van der Waals surface area contributed by atoms with E-state index in [4.69, 9.17) is 19.3 Å². The van der Waals surface area contributed by atoms with Crippen molar-refractivity contribution in [2.45, 2.75) is 61.4 Å². The maximum absolute atomic E-state index is 9.94. The van der Waals surface area contributed by atoms with Crippen LogP contribution in [0.1, 0.15) is 0 Å². The second-order valence-electron chi connectivity index (χ2n) is 5.53. The number of aliphatic hydroxyl groups is 8. The highest BCUT2D eigenvalue weighted by molar-refractivity contribution is 4.93. The first-order valence-electron chi connectivity index (χ1n) is 7.08. The minimum absolute atomic E-state index is 0.667. The summed E-state index contributed by atoms with van der Waals surface area (Å²) < 4.78 is 15.3. The second kappa shape index (κ2) is 7.63. The Morgan fingerprint density at radius 3 is 1.83 bits per heavy atom. The lowest BCUT2D eigenvalue weighted by molar-refractivity contribution is -0.355. The van der Waals surface area contributed by atoms with E-state index in [1.54, 1.807) is 0 Å². The lowest BCUT2D eigenvalue weighted by atomic mass is 10.9. The van der Waals surface area contributed by atoms with Gasteiger partial charge in [0.1, 0.15) is 48.8 Å². The molecule has 0 aliphatic carbocycles. The van der Waals surface area contributed by atoms with Crippen molar-refractivity contribution >= 4 is 0 Å². The lowest BCUT2D eigenvalue weighted by Gasteiger charge is -2.45. The van der Waals surface area contributed by atoms with Gasteiger partial charge < -0.3 is 55.1 Å². The molecule has 0 spiro atoms. The van der Waals surface area contributed by atoms with E-state index in [0.717, 1.165) is 0 Å². The van der Waals surface area contributed by atoms with Gasteiger partial charge in [0.05, 0.1) is 13.2 Å². The fraction of sp³-hybridized carbons (Fsp3) is 1.00. The average molecular weight is 354 g/mol. The van der Waals surface area contributed by atoms with Gasteiger partial charge in [-0.3, -0.25) is 0 Å². The van der Waals surface area contributed by atoms with Gasteiger partial charge in [0.15, 0.2) is 12.6 Å². The Hall–Kier alpha value is -0.440. The van der Waals surface area contributed by atoms with Crippen LogP contribution in [0.2, 0.25) is 0 Å². The molecule has 11 heteroatoms. The van der Waals surface area contributed by atoms with Crippen LogP contribution < -0.4 is 0 Å². The van der Waals surface area contributed by atoms with Gasteiger partial charge in [0, 0.05) is 0 Å². The maximum atomic E-state index is 9.94. The highest BCUT2D eigenvalue weighted by Gasteiger charge is 2.50. The molecule has 2 fully saturated rings. The summed E-state index contributed by atoms with van der Waals surface area (Å²) in [5, 5.41) is 76.5. The summed E-state index contributed by atoms with van der Waals surface area (Å²) in [6.07, 6.45) is -15.6. The van der Waals surface area contributed by atoms with Crippen LogP contribution in [-0.2, 0) is 14.2 Å². The van der Waals surface area contributed by atoms with Crippen molar-refractivity contribution in [1.29, 1.82) is 0 Å². The SMILES string of the molecule is O[13CH2][13C@H]1O[13C@@H](O[13C@H]2[13C@H](O)[13C@@H](O)[13CH](O)O[13C@@H]2[13CH2]O)[13C@H](O)[13C@@H](O)[13C@H]1O. The highest BCUT2D eigenvalue weighted by atomic mass is 16.9. The zero-order valence-electron chi connectivity index (χ0n) is 12.0. The summed E-state index contributed by atoms with van der Waals surface area (Å²) >= 11 is 0. The Bertz CT molecular complexity index is 378. The summed E-state index contributed by atoms with van der Waals surface area (Å²) in [5.74, 6) is 0. The van der Waals surface area contributed by atoms with E-state index in [9.17, 15) is 35.7 Å². The van der Waals surface area contributed by atoms with E-state index in [0.29, 0.717) is 0 Å². The lowest BCUT2D eigenvalue weighted by Crippen LogP contribution is -2.64. The predicted molar refractivity (Wildman–Crippen MR) is 68.6 cm³/mol. The molecule has 136 valence electrons. The molecule has 2 aliphatic heterocycles. The van der Waals surface area contributed by atoms with Crippen LogP contribution >= 0.6 is 0 Å². The first kappa shape index (κ1) is 18.9. The van der Waals surface area contributed by atoms with E-state index in [-0.39, 0.29) is 0 Å². The molecule has 8 N–H and O–H groups in total. The minimum Gasteiger partial charge on any atom is -0.394 e. The zero-order chi connectivity index (χ0) is 17.3. The van der Waals surface area contributed by atoms with Gasteiger partial charge in [-0.2, -0.15) is 0 Å². The van der Waals surface area contributed by atoms with Gasteiger partial charge in [-0.05, 0) is 0 Å². The van der Waals surface area contributed by atoms with Crippen molar-refractivity contribution in [2.75, 3.05) is 13.2 Å². The number of aliphatic hydroxyl groups excluding tert-OH is 8. The predicted octanol–water partition coefficient (Wildman–Crippen LogP) is -5.40. The Labute approximate surface area is 130 Å². The Balaban J connectivity index is 2.11. The van der Waals surface area contributed by atoms with E-state index in [2.05, 4.69) is 0 Å². The van der Waals surface area contributed by atoms with Crippen LogP contribution in [-0.4, -0.2) is 115 Å². The molecule has 2 aliphatic rings. The van der Waals surface area contributed by atoms with E-state index in [1.807, 2.05) is 0 Å². The van der Waals surface area contributed by atoms with Crippen molar-refractivity contribution in [3.05, 3.63) is 0 Å². The van der Waals surface area contributed by atoms with Gasteiger partial charge in [0.25, 0.3) is 0 Å². The summed E-state index contributed by atoms with van der Waals surface area (Å²) in [5.41, 5.74) is 0. The summed E-state index contributed by atoms with van der Waals surface area (Å²) in [6.45, 7) is -1.35. The molecule has 23 heavy (non-hydrogen) atoms. The second-order valence-corrected chi connectivity index (χ2v) is 5.53. The molecule has 11 nitrogen and oxygen atoms in total. The molecular formula is C12H22O11. The molecular weight excluding hydrogens is 332 g/mol. The number of ether oxygens (including phenoxy) is 3. The van der Waals surface area contributed by atoms with E-state index < -0.39 is 74.6 Å². The molecule has 0 radical (unpaired) electrons. The molecule has 0 aromatic rings. The first-order chi connectivity index (χ1) is 10.8. The fourth-order valence-electron chi connectivity index (χ4n) is 2.57. The Morgan fingerprint density at radius 1 is 0.652 bits per heavy atom. The maximum Gasteiger partial charge on any atom is 0.187 e. The third-order valence-electron chi connectivity index (χ3n) is 3.98. The molecule has 2 rings (SSSR count). The monoisotopic (exact) mass is 354 g/mol. The summed E-state index contributed by atoms with van der Waals surface area (Å²) in [6, 6.07) is 0. The molecule has 10 atom stereocenters. The number of hydrogen-bond donors (Lipinski definition) is 8. The van der Waals surface area contributed by atoms with Gasteiger partial charge >= 0.3 is 0 Å². The molecule has 2 saturated heterocycles. The molecule has 0 saturated carbocycles. The minimum atomic E-state index is -1.74. The van der Waals surface area contributed by atoms with Gasteiger partial charge in [0.2, 0.25) is 0 Å². The largest absolute Gasteiger partial charge is 0.394 e. The molecule has 0 aromatic carbocycles. The van der Waals surface area contributed by atoms with Crippen LogP contribution in [0.4, 0.5) is 0 Å². The van der Waals surface area contributed by atoms with Crippen molar-refractivity contribution in [3.8, 4) is 0 Å². The van der Waals surface area contributed by atoms with Crippen molar-refractivity contribution in [1.82, 2.24) is 0 Å². The molecule has 0 amide bonds. The van der Waals surface area contributed by atoms with Crippen molar-refractivity contribution in [2.24, 2.45) is 0 Å². The Kier molecular flexibility index (Phi) is 6.27. The smallest absolute Gasteiger partial charge is 0.187 e. The van der Waals surface area contributed by atoms with Crippen LogP contribution in [0.15, 0.2) is 0 Å². The van der Waals surface area contributed by atoms with Crippen LogP contribution in [0.3, 0.4) is 0 Å². The molecule has 2 heterocycles. The third-order valence-corrected chi connectivity index (χ3v) is 3.98. The molecule has 1 unspecified atom stereocenters. The van der Waals surface area contributed by atoms with Crippen LogP contribution in [0, 0.1) is 0 Å². The standard InChI is InChI=1S/C12H22O11/c13-1-3-5(15)6(16)9(19)12(22-3)23-10-4(2-14)21-11(20)8(18)7(10)17/h3-20H,1-2H2/t3-,4-,5+,6+,7-,8-,9-,10-,11?,12+/m1/s1/i1+1,2+1,3+1,4+1,5+1,6+1,7+1,8+1,9+1,10+1,11+1,12+1. The number of rotatable bonds is 4. The van der Waals surface area contributed by atoms with E-state index >= 15 is 0 Å². The van der Waals surface area contributed by atoms with E-state index in [1.165, 1.54) is 0 Å². The van der Waals surface area contributed by atoms with Crippen LogP contribution in [0.25, 0.3) is 0 Å². The van der Waals surface area contributed by atoms with Crippen LogP contribution in [0.5, 0.6) is 0 Å². The van der Waals surface area contributed by atoms with Gasteiger partial charge in [-0.25, -0.2) is 0 Å². The van der Waals surface area contributed by atoms with Gasteiger partial charge in [-0.1, -0.05) is 0 Å². The summed E-state index contributed by atoms with van der Waals surface area (Å²) in [4.78, 5) is 0. The average Bonchev–Trinajstić information content (AvgIpc) is 2.55.